The van der Waals surface area contributed by atoms with E-state index in [9.17, 15) is 4.79 Å². The van der Waals surface area contributed by atoms with Crippen molar-refractivity contribution >= 4 is 28.8 Å². The molecular formula is C22H18ClNOS. The number of fused-ring (bicyclic) bond motifs is 1. The summed E-state index contributed by atoms with van der Waals surface area (Å²) in [7, 11) is 0. The number of hydrogen-bond donors (Lipinski definition) is 0. The predicted octanol–water partition coefficient (Wildman–Crippen LogP) is 5.73. The van der Waals surface area contributed by atoms with Gasteiger partial charge in [-0.05, 0) is 34.4 Å². The largest absolute Gasteiger partial charge is 0.333 e. The summed E-state index contributed by atoms with van der Waals surface area (Å²) in [6.07, 6.45) is 1.39. The van der Waals surface area contributed by atoms with Crippen LogP contribution in [0.5, 0.6) is 0 Å². The average Bonchev–Trinajstić information content (AvgIpc) is 3.07. The lowest BCUT2D eigenvalue weighted by Gasteiger charge is -2.33. The lowest BCUT2D eigenvalue weighted by molar-refractivity contribution is -0.127. The molecule has 0 bridgehead atoms. The first-order valence-electron chi connectivity index (χ1n) is 8.51. The van der Waals surface area contributed by atoms with Gasteiger partial charge in [0.05, 0.1) is 10.9 Å². The van der Waals surface area contributed by atoms with Crippen LogP contribution in [0.25, 0.3) is 11.1 Å². The molecule has 1 amide bonds. The average molecular weight is 380 g/mol. The van der Waals surface area contributed by atoms with Crippen molar-refractivity contribution in [3.05, 3.63) is 93.7 Å². The topological polar surface area (TPSA) is 20.3 Å². The minimum Gasteiger partial charge on any atom is -0.333 e. The van der Waals surface area contributed by atoms with Gasteiger partial charge in [0.2, 0.25) is 5.91 Å². The summed E-state index contributed by atoms with van der Waals surface area (Å²) in [5, 5.41) is 0. The molecule has 2 aromatic carbocycles. The van der Waals surface area contributed by atoms with E-state index >= 15 is 0 Å². The van der Waals surface area contributed by atoms with Crippen molar-refractivity contribution in [3.63, 3.8) is 0 Å². The van der Waals surface area contributed by atoms with Crippen LogP contribution in [-0.2, 0) is 11.3 Å². The minimum absolute atomic E-state index is 0.0395. The van der Waals surface area contributed by atoms with E-state index < -0.39 is 0 Å². The molecule has 4 heteroatoms. The number of rotatable bonds is 3. The molecule has 130 valence electrons. The Bertz CT molecular complexity index is 963. The van der Waals surface area contributed by atoms with Crippen LogP contribution in [-0.4, -0.2) is 17.4 Å². The molecule has 0 N–H and O–H groups in total. The Hall–Kier alpha value is -2.36. The summed E-state index contributed by atoms with van der Waals surface area (Å²) in [5.41, 5.74) is 4.82. The molecule has 0 aliphatic carbocycles. The molecule has 3 aromatic rings. The first-order chi connectivity index (χ1) is 12.7. The summed E-state index contributed by atoms with van der Waals surface area (Å²) in [5.74, 6) is 0.0603. The molecule has 1 atom stereocenters. The van der Waals surface area contributed by atoms with Crippen molar-refractivity contribution in [2.45, 2.75) is 12.5 Å². The van der Waals surface area contributed by atoms with Gasteiger partial charge in [0.25, 0.3) is 0 Å². The molecule has 1 aromatic heterocycles. The highest BCUT2D eigenvalue weighted by molar-refractivity contribution is 7.16. The van der Waals surface area contributed by atoms with Crippen molar-refractivity contribution in [1.82, 2.24) is 4.90 Å². The Morgan fingerprint density at radius 1 is 1.12 bits per heavy atom. The lowest BCUT2D eigenvalue weighted by atomic mass is 9.84. The van der Waals surface area contributed by atoms with Crippen molar-refractivity contribution in [2.24, 2.45) is 0 Å². The zero-order valence-electron chi connectivity index (χ0n) is 14.2. The quantitative estimate of drug-likeness (QED) is 0.532. The van der Waals surface area contributed by atoms with Gasteiger partial charge in [-0.25, -0.2) is 0 Å². The normalized spacial score (nSPS) is 16.2. The standard InChI is InChI=1S/C22H18ClNOS/c1-2-22(25)24-13-19(18-12-21(23)26-20(18)14-24)17-11-7-6-10-16(17)15-8-4-3-5-9-15/h2-12,19H,1,13-14H2. The first kappa shape index (κ1) is 17.1. The first-order valence-corrected chi connectivity index (χ1v) is 9.70. The second-order valence-corrected chi connectivity index (χ2v) is 8.13. The molecule has 2 heterocycles. The molecule has 4 rings (SSSR count). The smallest absolute Gasteiger partial charge is 0.246 e. The van der Waals surface area contributed by atoms with Gasteiger partial charge in [-0.1, -0.05) is 72.8 Å². The number of nitrogens with zero attached hydrogens (tertiary/aromatic N) is 1. The van der Waals surface area contributed by atoms with Crippen LogP contribution < -0.4 is 0 Å². The molecule has 0 spiro atoms. The lowest BCUT2D eigenvalue weighted by Crippen LogP contribution is -2.37. The molecule has 0 fully saturated rings. The molecule has 1 unspecified atom stereocenters. The Kier molecular flexibility index (Phi) is 4.66. The van der Waals surface area contributed by atoms with Crippen molar-refractivity contribution in [2.75, 3.05) is 6.54 Å². The van der Waals surface area contributed by atoms with Crippen LogP contribution in [0.4, 0.5) is 0 Å². The number of thiophene rings is 1. The molecule has 26 heavy (non-hydrogen) atoms. The highest BCUT2D eigenvalue weighted by atomic mass is 35.5. The number of carbonyl (C=O) groups is 1. The van der Waals surface area contributed by atoms with Crippen molar-refractivity contribution in [1.29, 1.82) is 0 Å². The van der Waals surface area contributed by atoms with Gasteiger partial charge in [0.15, 0.2) is 0 Å². The highest BCUT2D eigenvalue weighted by Gasteiger charge is 2.31. The summed E-state index contributed by atoms with van der Waals surface area (Å²) in [6.45, 7) is 4.88. The number of carbonyl (C=O) groups excluding carboxylic acids is 1. The van der Waals surface area contributed by atoms with Crippen molar-refractivity contribution in [3.8, 4) is 11.1 Å². The summed E-state index contributed by atoms with van der Waals surface area (Å²) in [4.78, 5) is 15.3. The maximum atomic E-state index is 12.3. The number of amides is 1. The van der Waals surface area contributed by atoms with E-state index in [1.54, 1.807) is 11.3 Å². The molecule has 0 saturated heterocycles. The maximum absolute atomic E-state index is 12.3. The van der Waals surface area contributed by atoms with E-state index in [2.05, 4.69) is 49.0 Å². The van der Waals surface area contributed by atoms with Crippen molar-refractivity contribution < 1.29 is 4.79 Å². The van der Waals surface area contributed by atoms with Gasteiger partial charge in [-0.2, -0.15) is 0 Å². The van der Waals surface area contributed by atoms with Crippen LogP contribution in [0.2, 0.25) is 4.34 Å². The third-order valence-electron chi connectivity index (χ3n) is 4.83. The van der Waals surface area contributed by atoms with E-state index in [0.29, 0.717) is 13.1 Å². The number of hydrogen-bond acceptors (Lipinski definition) is 2. The fourth-order valence-electron chi connectivity index (χ4n) is 3.63. The van der Waals surface area contributed by atoms with Gasteiger partial charge in [0.1, 0.15) is 0 Å². The Morgan fingerprint density at radius 2 is 1.85 bits per heavy atom. The number of halogens is 1. The number of benzene rings is 2. The van der Waals surface area contributed by atoms with Gasteiger partial charge in [-0.3, -0.25) is 4.79 Å². The Balaban J connectivity index is 1.84. The van der Waals surface area contributed by atoms with E-state index in [0.717, 1.165) is 9.21 Å². The van der Waals surface area contributed by atoms with E-state index in [1.165, 1.54) is 28.3 Å². The minimum atomic E-state index is -0.0395. The predicted molar refractivity (Wildman–Crippen MR) is 109 cm³/mol. The molecule has 2 nitrogen and oxygen atoms in total. The van der Waals surface area contributed by atoms with Crippen LogP contribution >= 0.6 is 22.9 Å². The summed E-state index contributed by atoms with van der Waals surface area (Å²) >= 11 is 7.88. The van der Waals surface area contributed by atoms with E-state index in [-0.39, 0.29) is 11.8 Å². The summed E-state index contributed by atoms with van der Waals surface area (Å²) < 4.78 is 0.769. The zero-order valence-corrected chi connectivity index (χ0v) is 15.8. The molecule has 0 radical (unpaired) electrons. The van der Waals surface area contributed by atoms with Gasteiger partial charge in [0, 0.05) is 17.3 Å². The molecule has 1 aliphatic heterocycles. The van der Waals surface area contributed by atoms with Gasteiger partial charge < -0.3 is 4.90 Å². The Labute approximate surface area is 162 Å². The summed E-state index contributed by atoms with van der Waals surface area (Å²) in [6, 6.07) is 20.8. The van der Waals surface area contributed by atoms with E-state index in [1.807, 2.05) is 23.1 Å². The van der Waals surface area contributed by atoms with Gasteiger partial charge >= 0.3 is 0 Å². The van der Waals surface area contributed by atoms with Crippen LogP contribution in [0.3, 0.4) is 0 Å². The molecule has 0 saturated carbocycles. The van der Waals surface area contributed by atoms with Crippen LogP contribution in [0, 0.1) is 0 Å². The SMILES string of the molecule is C=CC(=O)N1Cc2sc(Cl)cc2C(c2ccccc2-c2ccccc2)C1. The third-order valence-corrected chi connectivity index (χ3v) is 6.10. The fourth-order valence-corrected chi connectivity index (χ4v) is 4.99. The zero-order chi connectivity index (χ0) is 18.1. The third kappa shape index (κ3) is 3.09. The molecular weight excluding hydrogens is 362 g/mol. The van der Waals surface area contributed by atoms with Crippen LogP contribution in [0.15, 0.2) is 73.3 Å². The second kappa shape index (κ2) is 7.10. The second-order valence-electron chi connectivity index (χ2n) is 6.36. The highest BCUT2D eigenvalue weighted by Crippen LogP contribution is 2.42. The van der Waals surface area contributed by atoms with Gasteiger partial charge in [-0.15, -0.1) is 11.3 Å². The Morgan fingerprint density at radius 3 is 2.62 bits per heavy atom. The fraction of sp³-hybridized carbons (Fsp3) is 0.136. The molecule has 1 aliphatic rings. The monoisotopic (exact) mass is 379 g/mol. The van der Waals surface area contributed by atoms with E-state index in [4.69, 9.17) is 11.6 Å². The van der Waals surface area contributed by atoms with Crippen LogP contribution in [0.1, 0.15) is 21.9 Å². The maximum Gasteiger partial charge on any atom is 0.246 e.